The fraction of sp³-hybridized carbons (Fsp3) is 0.364. The van der Waals surface area contributed by atoms with Crippen molar-refractivity contribution in [2.24, 2.45) is 0 Å². The van der Waals surface area contributed by atoms with Gasteiger partial charge in [0.1, 0.15) is 17.3 Å². The maximum Gasteiger partial charge on any atom is 0.341 e. The van der Waals surface area contributed by atoms with Crippen LogP contribution in [0.3, 0.4) is 0 Å². The van der Waals surface area contributed by atoms with Crippen LogP contribution in [0.1, 0.15) is 45.0 Å². The number of anilines is 1. The second-order valence-corrected chi connectivity index (χ2v) is 7.76. The van der Waals surface area contributed by atoms with Crippen molar-refractivity contribution in [3.8, 4) is 5.75 Å². The maximum absolute atomic E-state index is 12.3. The molecule has 172 valence electrons. The SMILES string of the molecule is CCOC(=O)c1c(NC(=O)COC(=O)CNC(=O)c2cccc(OC)c2)sc(C)c1CC. The first kappa shape index (κ1) is 24.9. The normalized spacial score (nSPS) is 10.2. The van der Waals surface area contributed by atoms with E-state index in [9.17, 15) is 19.2 Å². The highest BCUT2D eigenvalue weighted by Crippen LogP contribution is 2.34. The molecule has 0 aliphatic carbocycles. The van der Waals surface area contributed by atoms with Gasteiger partial charge in [-0.15, -0.1) is 11.3 Å². The molecule has 0 radical (unpaired) electrons. The number of methoxy groups -OCH3 is 1. The summed E-state index contributed by atoms with van der Waals surface area (Å²) in [5, 5.41) is 5.38. The molecule has 9 nitrogen and oxygen atoms in total. The highest BCUT2D eigenvalue weighted by molar-refractivity contribution is 7.16. The molecule has 0 aliphatic heterocycles. The van der Waals surface area contributed by atoms with Gasteiger partial charge in [0.05, 0.1) is 19.3 Å². The van der Waals surface area contributed by atoms with Crippen LogP contribution in [0.25, 0.3) is 0 Å². The Bertz CT molecular complexity index is 1000. The largest absolute Gasteiger partial charge is 0.497 e. The lowest BCUT2D eigenvalue weighted by Crippen LogP contribution is -2.32. The Morgan fingerprint density at radius 1 is 1.09 bits per heavy atom. The smallest absolute Gasteiger partial charge is 0.341 e. The molecule has 0 bridgehead atoms. The van der Waals surface area contributed by atoms with Crippen molar-refractivity contribution >= 4 is 40.1 Å². The van der Waals surface area contributed by atoms with Gasteiger partial charge >= 0.3 is 11.9 Å². The summed E-state index contributed by atoms with van der Waals surface area (Å²) in [7, 11) is 1.48. The van der Waals surface area contributed by atoms with Crippen LogP contribution in [-0.2, 0) is 25.5 Å². The molecule has 2 amide bonds. The maximum atomic E-state index is 12.3. The molecule has 0 unspecified atom stereocenters. The molecule has 0 spiro atoms. The Kier molecular flexibility index (Phi) is 9.21. The van der Waals surface area contributed by atoms with E-state index in [0.717, 1.165) is 10.4 Å². The van der Waals surface area contributed by atoms with E-state index in [-0.39, 0.29) is 6.61 Å². The molecule has 10 heteroatoms. The summed E-state index contributed by atoms with van der Waals surface area (Å²) in [5.74, 6) is -1.87. The zero-order valence-corrected chi connectivity index (χ0v) is 19.2. The van der Waals surface area contributed by atoms with Gasteiger partial charge in [0.2, 0.25) is 0 Å². The zero-order chi connectivity index (χ0) is 23.7. The summed E-state index contributed by atoms with van der Waals surface area (Å²) >= 11 is 1.26. The van der Waals surface area contributed by atoms with Crippen molar-refractivity contribution in [2.45, 2.75) is 27.2 Å². The lowest BCUT2D eigenvalue weighted by molar-refractivity contribution is -0.146. The molecule has 1 heterocycles. The number of nitrogens with one attached hydrogen (secondary N) is 2. The van der Waals surface area contributed by atoms with E-state index in [1.165, 1.54) is 24.5 Å². The molecule has 1 aromatic heterocycles. The van der Waals surface area contributed by atoms with E-state index in [0.29, 0.717) is 28.3 Å². The van der Waals surface area contributed by atoms with Gasteiger partial charge in [0, 0.05) is 10.4 Å². The quantitative estimate of drug-likeness (QED) is 0.521. The molecule has 1 aromatic carbocycles. The minimum absolute atomic E-state index is 0.212. The van der Waals surface area contributed by atoms with Crippen LogP contribution in [0, 0.1) is 6.92 Å². The number of benzene rings is 1. The third-order valence-corrected chi connectivity index (χ3v) is 5.45. The van der Waals surface area contributed by atoms with Gasteiger partial charge in [-0.05, 0) is 44.0 Å². The van der Waals surface area contributed by atoms with Crippen molar-refractivity contribution in [3.05, 3.63) is 45.8 Å². The first-order valence-corrected chi connectivity index (χ1v) is 10.8. The van der Waals surface area contributed by atoms with Gasteiger partial charge in [-0.25, -0.2) is 4.79 Å². The van der Waals surface area contributed by atoms with Crippen LogP contribution in [-0.4, -0.2) is 50.6 Å². The average molecular weight is 463 g/mol. The number of esters is 2. The molecular formula is C22H26N2O7S. The van der Waals surface area contributed by atoms with Gasteiger partial charge in [0.25, 0.3) is 11.8 Å². The third-order valence-electron chi connectivity index (χ3n) is 4.38. The van der Waals surface area contributed by atoms with Crippen LogP contribution in [0.2, 0.25) is 0 Å². The monoisotopic (exact) mass is 462 g/mol. The predicted molar refractivity (Wildman–Crippen MR) is 119 cm³/mol. The highest BCUT2D eigenvalue weighted by Gasteiger charge is 2.23. The Labute approximate surface area is 190 Å². The molecule has 32 heavy (non-hydrogen) atoms. The number of amides is 2. The predicted octanol–water partition coefficient (Wildman–Crippen LogP) is 2.72. The van der Waals surface area contributed by atoms with Crippen LogP contribution < -0.4 is 15.4 Å². The Hall–Kier alpha value is -3.40. The minimum Gasteiger partial charge on any atom is -0.497 e. The topological polar surface area (TPSA) is 120 Å². The second kappa shape index (κ2) is 11.8. The lowest BCUT2D eigenvalue weighted by atomic mass is 10.1. The number of carbonyl (C=O) groups excluding carboxylic acids is 4. The molecule has 2 rings (SSSR count). The summed E-state index contributed by atoms with van der Waals surface area (Å²) in [6, 6.07) is 6.45. The molecule has 0 saturated heterocycles. The molecule has 0 aliphatic rings. The summed E-state index contributed by atoms with van der Waals surface area (Å²) in [6.07, 6.45) is 0.605. The van der Waals surface area contributed by atoms with Gasteiger partial charge < -0.3 is 24.8 Å². The molecule has 2 N–H and O–H groups in total. The summed E-state index contributed by atoms with van der Waals surface area (Å²) in [4.78, 5) is 49.5. The van der Waals surface area contributed by atoms with Crippen LogP contribution in [0.15, 0.2) is 24.3 Å². The van der Waals surface area contributed by atoms with Crippen LogP contribution >= 0.6 is 11.3 Å². The highest BCUT2D eigenvalue weighted by atomic mass is 32.1. The van der Waals surface area contributed by atoms with Crippen molar-refractivity contribution in [1.82, 2.24) is 5.32 Å². The number of ether oxygens (including phenoxy) is 3. The fourth-order valence-electron chi connectivity index (χ4n) is 2.89. The first-order chi connectivity index (χ1) is 15.3. The third kappa shape index (κ3) is 6.55. The Balaban J connectivity index is 1.89. The van der Waals surface area contributed by atoms with E-state index in [4.69, 9.17) is 14.2 Å². The van der Waals surface area contributed by atoms with E-state index >= 15 is 0 Å². The summed E-state index contributed by atoms with van der Waals surface area (Å²) in [6.45, 7) is 4.71. The van der Waals surface area contributed by atoms with Crippen LogP contribution in [0.5, 0.6) is 5.75 Å². The number of hydrogen-bond donors (Lipinski definition) is 2. The Morgan fingerprint density at radius 3 is 2.50 bits per heavy atom. The Morgan fingerprint density at radius 2 is 1.84 bits per heavy atom. The van der Waals surface area contributed by atoms with Crippen molar-refractivity contribution in [2.75, 3.05) is 32.2 Å². The number of carbonyl (C=O) groups is 4. The zero-order valence-electron chi connectivity index (χ0n) is 18.4. The van der Waals surface area contributed by atoms with E-state index in [2.05, 4.69) is 10.6 Å². The van der Waals surface area contributed by atoms with Crippen LogP contribution in [0.4, 0.5) is 5.00 Å². The van der Waals surface area contributed by atoms with Crippen molar-refractivity contribution in [3.63, 3.8) is 0 Å². The lowest BCUT2D eigenvalue weighted by Gasteiger charge is -2.09. The average Bonchev–Trinajstić information content (AvgIpc) is 3.10. The number of thiophene rings is 1. The van der Waals surface area contributed by atoms with E-state index in [1.54, 1.807) is 25.1 Å². The molecule has 0 saturated carbocycles. The molecular weight excluding hydrogens is 436 g/mol. The standard InChI is InChI=1S/C22H26N2O7S/c1-5-16-13(3)32-21(19(16)22(28)30-6-2)24-17(25)12-31-18(26)11-23-20(27)14-8-7-9-15(10-14)29-4/h7-10H,5-6,11-12H2,1-4H3,(H,23,27)(H,24,25). The van der Waals surface area contributed by atoms with Gasteiger partial charge in [-0.2, -0.15) is 0 Å². The number of rotatable bonds is 10. The van der Waals surface area contributed by atoms with Gasteiger partial charge in [-0.1, -0.05) is 13.0 Å². The van der Waals surface area contributed by atoms with Gasteiger partial charge in [-0.3, -0.25) is 14.4 Å². The first-order valence-electron chi connectivity index (χ1n) is 9.97. The molecule has 0 atom stereocenters. The van der Waals surface area contributed by atoms with Crippen molar-refractivity contribution in [1.29, 1.82) is 0 Å². The minimum atomic E-state index is -0.779. The molecule has 0 fully saturated rings. The van der Waals surface area contributed by atoms with Crippen molar-refractivity contribution < 1.29 is 33.4 Å². The summed E-state index contributed by atoms with van der Waals surface area (Å²) in [5.41, 5.74) is 1.45. The van der Waals surface area contributed by atoms with E-state index in [1.807, 2.05) is 13.8 Å². The summed E-state index contributed by atoms with van der Waals surface area (Å²) < 4.78 is 15.1. The fourth-order valence-corrected chi connectivity index (χ4v) is 4.04. The molecule has 2 aromatic rings. The van der Waals surface area contributed by atoms with E-state index < -0.39 is 36.9 Å². The second-order valence-electron chi connectivity index (χ2n) is 6.54. The van der Waals surface area contributed by atoms with Gasteiger partial charge in [0.15, 0.2) is 6.61 Å². The number of hydrogen-bond acceptors (Lipinski definition) is 8. The number of aryl methyl sites for hydroxylation is 1.